The van der Waals surface area contributed by atoms with Crippen LogP contribution in [0.2, 0.25) is 0 Å². The van der Waals surface area contributed by atoms with E-state index in [0.29, 0.717) is 19.4 Å². The van der Waals surface area contributed by atoms with Gasteiger partial charge in [0.25, 0.3) is 0 Å². The van der Waals surface area contributed by atoms with Gasteiger partial charge in [-0.15, -0.1) is 5.53 Å². The molecule has 0 aliphatic carbocycles. The summed E-state index contributed by atoms with van der Waals surface area (Å²) in [5.74, 6) is -0.326. The van der Waals surface area contributed by atoms with E-state index in [-0.39, 0.29) is 37.1 Å². The minimum absolute atomic E-state index is 0.0779. The third-order valence-electron chi connectivity index (χ3n) is 5.75. The van der Waals surface area contributed by atoms with Crippen LogP contribution in [0.3, 0.4) is 0 Å². The number of hydrogen-bond donors (Lipinski definition) is 5. The second kappa shape index (κ2) is 10.2. The summed E-state index contributed by atoms with van der Waals surface area (Å²) in [7, 11) is 1.57. The molecule has 33 heavy (non-hydrogen) atoms. The summed E-state index contributed by atoms with van der Waals surface area (Å²) in [5.41, 5.74) is 14.9. The van der Waals surface area contributed by atoms with Gasteiger partial charge in [0.05, 0.1) is 23.6 Å². The van der Waals surface area contributed by atoms with Crippen molar-refractivity contribution in [3.8, 4) is 0 Å². The molecule has 2 heterocycles. The summed E-state index contributed by atoms with van der Waals surface area (Å²) in [6.45, 7) is 0.665. The fourth-order valence-corrected chi connectivity index (χ4v) is 4.05. The molecule has 4 rings (SSSR count). The second-order valence-corrected chi connectivity index (χ2v) is 7.91. The highest BCUT2D eigenvalue weighted by atomic mass is 16.2. The van der Waals surface area contributed by atoms with Gasteiger partial charge in [0, 0.05) is 44.0 Å². The Morgan fingerprint density at radius 3 is 2.33 bits per heavy atom. The van der Waals surface area contributed by atoms with Crippen LogP contribution >= 0.6 is 0 Å². The lowest BCUT2D eigenvalue weighted by molar-refractivity contribution is -0.122. The first-order valence-corrected chi connectivity index (χ1v) is 11.0. The van der Waals surface area contributed by atoms with Gasteiger partial charge in [-0.3, -0.25) is 14.4 Å². The molecule has 0 fully saturated rings. The zero-order chi connectivity index (χ0) is 23.2. The number of amides is 3. The van der Waals surface area contributed by atoms with Gasteiger partial charge in [0.2, 0.25) is 17.7 Å². The molecular formula is C24H28N6O3. The van der Waals surface area contributed by atoms with Crippen molar-refractivity contribution < 1.29 is 14.4 Å². The third kappa shape index (κ3) is 4.98. The van der Waals surface area contributed by atoms with Gasteiger partial charge < -0.3 is 26.4 Å². The van der Waals surface area contributed by atoms with Gasteiger partial charge in [-0.1, -0.05) is 42.5 Å². The molecule has 2 aliphatic heterocycles. The summed E-state index contributed by atoms with van der Waals surface area (Å²) in [6, 6.07) is 15.8. The monoisotopic (exact) mass is 448 g/mol. The van der Waals surface area contributed by atoms with Crippen LogP contribution in [0.1, 0.15) is 42.4 Å². The van der Waals surface area contributed by atoms with Gasteiger partial charge in [-0.05, 0) is 18.1 Å². The number of benzene rings is 2. The van der Waals surface area contributed by atoms with E-state index in [0.717, 1.165) is 33.8 Å². The normalized spacial score (nSPS) is 14.0. The molecule has 5 N–H and O–H groups in total. The van der Waals surface area contributed by atoms with E-state index in [1.54, 1.807) is 11.9 Å². The van der Waals surface area contributed by atoms with Crippen LogP contribution in [0, 0.1) is 0 Å². The summed E-state index contributed by atoms with van der Waals surface area (Å²) in [6.07, 6.45) is 1.21. The molecule has 0 bridgehead atoms. The standard InChI is InChI=1S/C24H28N6O3/c1-25-20(31)11-6-12-21(32)26-14-13-22(33)30-15-16-7-2-3-8-17(16)23-24(28-29-27-23)18-9-4-5-10-19(18)30/h2-5,7-10,27-29H,6,11-15H2,1H3,(H,25,31)(H,26,32). The number of rotatable bonds is 7. The number of fused-ring (bicyclic) bond motifs is 4. The first kappa shape index (κ1) is 22.3. The van der Waals surface area contributed by atoms with Crippen LogP contribution in [-0.4, -0.2) is 31.3 Å². The zero-order valence-electron chi connectivity index (χ0n) is 18.5. The van der Waals surface area contributed by atoms with E-state index in [2.05, 4.69) is 27.0 Å². The van der Waals surface area contributed by atoms with Gasteiger partial charge in [0.1, 0.15) is 0 Å². The number of hydrogen-bond acceptors (Lipinski definition) is 6. The Morgan fingerprint density at radius 2 is 1.55 bits per heavy atom. The quantitative estimate of drug-likeness (QED) is 0.437. The van der Waals surface area contributed by atoms with Crippen LogP contribution < -0.4 is 31.9 Å². The molecule has 2 aliphatic rings. The van der Waals surface area contributed by atoms with Crippen molar-refractivity contribution in [2.45, 2.75) is 32.2 Å². The lowest BCUT2D eigenvalue weighted by atomic mass is 9.96. The van der Waals surface area contributed by atoms with E-state index < -0.39 is 0 Å². The van der Waals surface area contributed by atoms with E-state index in [9.17, 15) is 14.4 Å². The molecule has 0 saturated heterocycles. The number of nitrogens with zero attached hydrogens (tertiary/aromatic N) is 1. The Hall–Kier alpha value is -3.85. The maximum atomic E-state index is 13.3. The molecule has 3 amide bonds. The van der Waals surface area contributed by atoms with E-state index in [1.165, 1.54) is 0 Å². The minimum Gasteiger partial charge on any atom is -0.359 e. The Labute approximate surface area is 192 Å². The van der Waals surface area contributed by atoms with Gasteiger partial charge in [-0.25, -0.2) is 0 Å². The number of carbonyl (C=O) groups excluding carboxylic acids is 3. The second-order valence-electron chi connectivity index (χ2n) is 7.91. The first-order valence-electron chi connectivity index (χ1n) is 11.0. The van der Waals surface area contributed by atoms with Crippen molar-refractivity contribution in [2.75, 3.05) is 18.5 Å². The largest absolute Gasteiger partial charge is 0.359 e. The predicted octanol–water partition coefficient (Wildman–Crippen LogP) is 1.39. The SMILES string of the molecule is CNC(=O)CCCC(=O)NCCC(=O)N1Cc2ccccc2C2=C(NNN2)c2ccccc21. The Balaban J connectivity index is 1.48. The Morgan fingerprint density at radius 1 is 0.879 bits per heavy atom. The average molecular weight is 449 g/mol. The smallest absolute Gasteiger partial charge is 0.229 e. The van der Waals surface area contributed by atoms with Gasteiger partial charge in [-0.2, -0.15) is 0 Å². The predicted molar refractivity (Wildman–Crippen MR) is 126 cm³/mol. The van der Waals surface area contributed by atoms with Crippen molar-refractivity contribution in [1.29, 1.82) is 0 Å². The van der Waals surface area contributed by atoms with Crippen molar-refractivity contribution in [2.24, 2.45) is 0 Å². The summed E-state index contributed by atoms with van der Waals surface area (Å²) >= 11 is 0. The minimum atomic E-state index is -0.160. The number of para-hydroxylation sites is 1. The molecule has 0 saturated carbocycles. The molecule has 9 nitrogen and oxygen atoms in total. The molecule has 2 aromatic rings. The molecule has 172 valence electrons. The highest BCUT2D eigenvalue weighted by molar-refractivity contribution is 6.02. The van der Waals surface area contributed by atoms with Crippen LogP contribution in [0.15, 0.2) is 48.5 Å². The number of carbonyl (C=O) groups is 3. The topological polar surface area (TPSA) is 115 Å². The zero-order valence-corrected chi connectivity index (χ0v) is 18.5. The van der Waals surface area contributed by atoms with E-state index >= 15 is 0 Å². The van der Waals surface area contributed by atoms with Crippen LogP contribution in [0.5, 0.6) is 0 Å². The summed E-state index contributed by atoms with van der Waals surface area (Å²) in [4.78, 5) is 38.4. The molecule has 0 atom stereocenters. The van der Waals surface area contributed by atoms with Crippen molar-refractivity contribution in [3.63, 3.8) is 0 Å². The highest BCUT2D eigenvalue weighted by Gasteiger charge is 2.28. The Bertz CT molecular complexity index is 1100. The molecular weight excluding hydrogens is 420 g/mol. The van der Waals surface area contributed by atoms with Crippen molar-refractivity contribution in [1.82, 2.24) is 27.0 Å². The maximum Gasteiger partial charge on any atom is 0.229 e. The molecule has 0 aromatic heterocycles. The van der Waals surface area contributed by atoms with Crippen LogP contribution in [0.4, 0.5) is 5.69 Å². The van der Waals surface area contributed by atoms with Gasteiger partial charge in [0.15, 0.2) is 0 Å². The van der Waals surface area contributed by atoms with Crippen molar-refractivity contribution >= 4 is 34.8 Å². The average Bonchev–Trinajstić information content (AvgIpc) is 3.30. The number of nitrogens with one attached hydrogen (secondary N) is 5. The lowest BCUT2D eigenvalue weighted by Crippen LogP contribution is -2.35. The Kier molecular flexibility index (Phi) is 6.89. The molecule has 2 aromatic carbocycles. The van der Waals surface area contributed by atoms with E-state index in [4.69, 9.17) is 0 Å². The van der Waals surface area contributed by atoms with Crippen LogP contribution in [-0.2, 0) is 20.9 Å². The molecule has 0 radical (unpaired) electrons. The molecule has 9 heteroatoms. The summed E-state index contributed by atoms with van der Waals surface area (Å²) in [5, 5.41) is 5.33. The first-order chi connectivity index (χ1) is 16.1. The summed E-state index contributed by atoms with van der Waals surface area (Å²) < 4.78 is 0. The number of anilines is 1. The molecule has 0 unspecified atom stereocenters. The number of hydrazine groups is 2. The fraction of sp³-hybridized carbons (Fsp3) is 0.292. The van der Waals surface area contributed by atoms with Gasteiger partial charge >= 0.3 is 0 Å². The third-order valence-corrected chi connectivity index (χ3v) is 5.75. The fourth-order valence-electron chi connectivity index (χ4n) is 4.05. The van der Waals surface area contributed by atoms with Crippen molar-refractivity contribution in [3.05, 3.63) is 65.2 Å². The van der Waals surface area contributed by atoms with Crippen LogP contribution in [0.25, 0.3) is 11.4 Å². The van der Waals surface area contributed by atoms with E-state index in [1.807, 2.05) is 48.5 Å². The maximum absolute atomic E-state index is 13.3. The molecule has 0 spiro atoms. The lowest BCUT2D eigenvalue weighted by Gasteiger charge is -2.29. The highest BCUT2D eigenvalue weighted by Crippen LogP contribution is 2.36.